The molecule has 0 saturated carbocycles. The Morgan fingerprint density at radius 3 is 2.41 bits per heavy atom. The van der Waals surface area contributed by atoms with E-state index in [0.717, 1.165) is 5.56 Å². The molecule has 2 heterocycles. The normalized spacial score (nSPS) is 11.2. The third-order valence-electron chi connectivity index (χ3n) is 3.94. The first-order chi connectivity index (χ1) is 14.0. The number of aliphatic imine (C=N–C) groups is 1. The zero-order chi connectivity index (χ0) is 21.4. The number of alkyl halides is 2. The number of rotatable bonds is 5. The van der Waals surface area contributed by atoms with Gasteiger partial charge in [0.2, 0.25) is 5.95 Å². The topological polar surface area (TPSA) is 103 Å². The maximum absolute atomic E-state index is 13.1. The fraction of sp³-hybridized carbons (Fsp3) is 0.238. The first-order valence-corrected chi connectivity index (χ1v) is 9.20. The Morgan fingerprint density at radius 1 is 1.07 bits per heavy atom. The van der Waals surface area contributed by atoms with Crippen molar-refractivity contribution < 1.29 is 8.78 Å². The smallest absolute Gasteiger partial charge is 0.265 e. The van der Waals surface area contributed by atoms with Crippen LogP contribution in [-0.2, 0) is 6.42 Å². The average Bonchev–Trinajstić information content (AvgIpc) is 2.72. The third kappa shape index (κ3) is 5.54. The molecule has 0 aliphatic heterocycles. The van der Waals surface area contributed by atoms with E-state index in [0.29, 0.717) is 17.1 Å². The second-order valence-electron chi connectivity index (χ2n) is 5.86. The molecule has 1 aromatic carbocycles. The van der Waals surface area contributed by atoms with Crippen LogP contribution in [0.1, 0.15) is 37.1 Å². The van der Waals surface area contributed by atoms with Crippen LogP contribution in [0.3, 0.4) is 0 Å². The summed E-state index contributed by atoms with van der Waals surface area (Å²) in [6, 6.07) is 12.2. The zero-order valence-corrected chi connectivity index (χ0v) is 16.6. The van der Waals surface area contributed by atoms with E-state index in [4.69, 9.17) is 11.5 Å². The van der Waals surface area contributed by atoms with Crippen LogP contribution in [0.2, 0.25) is 0 Å². The highest BCUT2D eigenvalue weighted by Crippen LogP contribution is 2.28. The Kier molecular flexibility index (Phi) is 7.70. The molecule has 0 unspecified atom stereocenters. The number of aromatic nitrogens is 3. The van der Waals surface area contributed by atoms with Gasteiger partial charge in [0.1, 0.15) is 5.84 Å². The molecule has 4 N–H and O–H groups in total. The molecule has 152 valence electrons. The highest BCUT2D eigenvalue weighted by Gasteiger charge is 2.15. The predicted octanol–water partition coefficient (Wildman–Crippen LogP) is 4.62. The number of hydrogen-bond donors (Lipinski definition) is 2. The van der Waals surface area contributed by atoms with Crippen molar-refractivity contribution in [3.63, 3.8) is 0 Å². The van der Waals surface area contributed by atoms with E-state index in [-0.39, 0.29) is 29.5 Å². The summed E-state index contributed by atoms with van der Waals surface area (Å²) in [6.07, 6.45) is -1.22. The molecule has 29 heavy (non-hydrogen) atoms. The standard InChI is InChI=1S/C19H18F2N6.C2H6/c1-11-16(12-6-3-2-4-7-12)26-19(23)27-18(11)25-15(22)10-14-13(17(20)21)8-5-9-24-14;1-2/h2-9,17H,10H2,1H3,(H4,22,23,25,26,27);1-2H3. The van der Waals surface area contributed by atoms with Crippen LogP contribution in [0.5, 0.6) is 0 Å². The second-order valence-corrected chi connectivity index (χ2v) is 5.86. The maximum Gasteiger partial charge on any atom is 0.265 e. The van der Waals surface area contributed by atoms with E-state index in [1.54, 1.807) is 6.92 Å². The van der Waals surface area contributed by atoms with Crippen molar-refractivity contribution in [1.82, 2.24) is 15.0 Å². The zero-order valence-electron chi connectivity index (χ0n) is 16.6. The van der Waals surface area contributed by atoms with Gasteiger partial charge in [-0.2, -0.15) is 4.98 Å². The largest absolute Gasteiger partial charge is 0.387 e. The minimum atomic E-state index is -2.64. The minimum absolute atomic E-state index is 0.0233. The molecule has 0 amide bonds. The van der Waals surface area contributed by atoms with Gasteiger partial charge in [-0.05, 0) is 19.1 Å². The lowest BCUT2D eigenvalue weighted by atomic mass is 10.1. The fourth-order valence-corrected chi connectivity index (χ4v) is 2.65. The molecule has 2 aromatic heterocycles. The van der Waals surface area contributed by atoms with E-state index in [9.17, 15) is 8.78 Å². The Labute approximate surface area is 168 Å². The lowest BCUT2D eigenvalue weighted by molar-refractivity contribution is 0.150. The molecule has 0 atom stereocenters. The average molecular weight is 398 g/mol. The van der Waals surface area contributed by atoms with Crippen molar-refractivity contribution in [1.29, 1.82) is 0 Å². The summed E-state index contributed by atoms with van der Waals surface area (Å²) in [5.41, 5.74) is 14.0. The summed E-state index contributed by atoms with van der Waals surface area (Å²) in [6.45, 7) is 5.80. The Balaban J connectivity index is 0.00000145. The number of nitrogens with two attached hydrogens (primary N) is 2. The lowest BCUT2D eigenvalue weighted by Gasteiger charge is -2.10. The number of pyridine rings is 1. The van der Waals surface area contributed by atoms with Crippen LogP contribution in [-0.4, -0.2) is 20.8 Å². The summed E-state index contributed by atoms with van der Waals surface area (Å²) in [5.74, 6) is 0.460. The van der Waals surface area contributed by atoms with Gasteiger partial charge in [-0.25, -0.2) is 18.8 Å². The molecule has 3 rings (SSSR count). The van der Waals surface area contributed by atoms with Gasteiger partial charge in [0.15, 0.2) is 5.82 Å². The third-order valence-corrected chi connectivity index (χ3v) is 3.94. The second kappa shape index (κ2) is 10.2. The van der Waals surface area contributed by atoms with E-state index >= 15 is 0 Å². The number of nitrogens with zero attached hydrogens (tertiary/aromatic N) is 4. The van der Waals surface area contributed by atoms with Crippen LogP contribution in [0.25, 0.3) is 11.3 Å². The first-order valence-electron chi connectivity index (χ1n) is 9.20. The quantitative estimate of drug-likeness (QED) is 0.482. The van der Waals surface area contributed by atoms with Crippen molar-refractivity contribution in [2.75, 3.05) is 5.73 Å². The van der Waals surface area contributed by atoms with Crippen molar-refractivity contribution in [3.05, 3.63) is 65.5 Å². The molecule has 0 fully saturated rings. The fourth-order valence-electron chi connectivity index (χ4n) is 2.65. The predicted molar refractivity (Wildman–Crippen MR) is 112 cm³/mol. The molecular weight excluding hydrogens is 374 g/mol. The van der Waals surface area contributed by atoms with Gasteiger partial charge in [0.25, 0.3) is 6.43 Å². The van der Waals surface area contributed by atoms with Gasteiger partial charge in [0.05, 0.1) is 11.4 Å². The highest BCUT2D eigenvalue weighted by molar-refractivity contribution is 5.85. The van der Waals surface area contributed by atoms with Crippen molar-refractivity contribution in [2.45, 2.75) is 33.6 Å². The van der Waals surface area contributed by atoms with Gasteiger partial charge < -0.3 is 11.5 Å². The molecule has 0 radical (unpaired) electrons. The highest BCUT2D eigenvalue weighted by atomic mass is 19.3. The molecule has 3 aromatic rings. The minimum Gasteiger partial charge on any atom is -0.387 e. The lowest BCUT2D eigenvalue weighted by Crippen LogP contribution is -2.17. The maximum atomic E-state index is 13.1. The number of nitrogen functional groups attached to an aromatic ring is 1. The monoisotopic (exact) mass is 398 g/mol. The molecule has 0 bridgehead atoms. The summed E-state index contributed by atoms with van der Waals surface area (Å²) >= 11 is 0. The van der Waals surface area contributed by atoms with E-state index in [1.165, 1.54) is 18.3 Å². The Morgan fingerprint density at radius 2 is 1.76 bits per heavy atom. The van der Waals surface area contributed by atoms with Gasteiger partial charge >= 0.3 is 0 Å². The van der Waals surface area contributed by atoms with Crippen LogP contribution >= 0.6 is 0 Å². The van der Waals surface area contributed by atoms with Crippen LogP contribution in [0.15, 0.2) is 53.7 Å². The summed E-state index contributed by atoms with van der Waals surface area (Å²) < 4.78 is 26.2. The molecule has 0 spiro atoms. The Bertz CT molecular complexity index is 974. The van der Waals surface area contributed by atoms with E-state index in [1.807, 2.05) is 44.2 Å². The van der Waals surface area contributed by atoms with Gasteiger partial charge in [-0.3, -0.25) is 4.98 Å². The number of anilines is 1. The Hall–Kier alpha value is -3.42. The van der Waals surface area contributed by atoms with Crippen molar-refractivity contribution in [3.8, 4) is 11.3 Å². The molecule has 0 aliphatic carbocycles. The van der Waals surface area contributed by atoms with Crippen LogP contribution < -0.4 is 11.5 Å². The van der Waals surface area contributed by atoms with Crippen LogP contribution in [0.4, 0.5) is 20.5 Å². The molecule has 8 heteroatoms. The molecule has 0 saturated heterocycles. The first kappa shape index (κ1) is 21.9. The number of benzene rings is 1. The molecular formula is C21H24F2N6. The summed E-state index contributed by atoms with van der Waals surface area (Å²) in [5, 5.41) is 0. The van der Waals surface area contributed by atoms with Crippen LogP contribution in [0, 0.1) is 6.92 Å². The van der Waals surface area contributed by atoms with E-state index in [2.05, 4.69) is 19.9 Å². The SMILES string of the molecule is CC.Cc1c(N=C(N)Cc2ncccc2C(F)F)nc(N)nc1-c1ccccc1. The molecule has 0 aliphatic rings. The molecule has 6 nitrogen and oxygen atoms in total. The number of amidine groups is 1. The summed E-state index contributed by atoms with van der Waals surface area (Å²) in [4.78, 5) is 16.7. The number of hydrogen-bond acceptors (Lipinski definition) is 5. The number of halogens is 2. The van der Waals surface area contributed by atoms with Gasteiger partial charge in [-0.15, -0.1) is 0 Å². The van der Waals surface area contributed by atoms with Gasteiger partial charge in [0, 0.05) is 29.3 Å². The van der Waals surface area contributed by atoms with Crippen molar-refractivity contribution >= 4 is 17.6 Å². The van der Waals surface area contributed by atoms with E-state index < -0.39 is 6.43 Å². The summed E-state index contributed by atoms with van der Waals surface area (Å²) in [7, 11) is 0. The van der Waals surface area contributed by atoms with Gasteiger partial charge in [-0.1, -0.05) is 44.2 Å². The van der Waals surface area contributed by atoms with Crippen molar-refractivity contribution in [2.24, 2.45) is 10.7 Å².